The van der Waals surface area contributed by atoms with Gasteiger partial charge >= 0.3 is 5.97 Å². The highest BCUT2D eigenvalue weighted by molar-refractivity contribution is 7.10. The molecular weight excluding hydrogens is 324 g/mol. The van der Waals surface area contributed by atoms with Crippen molar-refractivity contribution in [2.45, 2.75) is 20.1 Å². The summed E-state index contributed by atoms with van der Waals surface area (Å²) in [5.41, 5.74) is 2.29. The minimum atomic E-state index is -0.458. The van der Waals surface area contributed by atoms with E-state index in [0.717, 1.165) is 16.0 Å². The van der Waals surface area contributed by atoms with Gasteiger partial charge in [0.05, 0.1) is 13.7 Å². The lowest BCUT2D eigenvalue weighted by atomic mass is 10.1. The van der Waals surface area contributed by atoms with Gasteiger partial charge in [0.1, 0.15) is 6.61 Å². The third-order valence-corrected chi connectivity index (χ3v) is 4.52. The number of fused-ring (bicyclic) bond motifs is 1. The van der Waals surface area contributed by atoms with Crippen LogP contribution in [0.15, 0.2) is 52.6 Å². The van der Waals surface area contributed by atoms with Gasteiger partial charge in [0.15, 0.2) is 11.5 Å². The van der Waals surface area contributed by atoms with Gasteiger partial charge in [-0.25, -0.2) is 9.80 Å². The van der Waals surface area contributed by atoms with Gasteiger partial charge < -0.3 is 9.47 Å². The van der Waals surface area contributed by atoms with Gasteiger partial charge in [-0.2, -0.15) is 5.10 Å². The summed E-state index contributed by atoms with van der Waals surface area (Å²) >= 11 is 1.62. The first-order valence-corrected chi connectivity index (χ1v) is 8.44. The Labute approximate surface area is 144 Å². The number of thiophene rings is 1. The van der Waals surface area contributed by atoms with E-state index in [9.17, 15) is 4.79 Å². The quantitative estimate of drug-likeness (QED) is 0.615. The van der Waals surface area contributed by atoms with Crippen molar-refractivity contribution in [2.75, 3.05) is 7.11 Å². The first-order chi connectivity index (χ1) is 11.7. The zero-order valence-electron chi connectivity index (χ0n) is 13.6. The van der Waals surface area contributed by atoms with E-state index >= 15 is 0 Å². The average Bonchev–Trinajstić information content (AvgIpc) is 3.08. The Balaban J connectivity index is 2.01. The first-order valence-electron chi connectivity index (χ1n) is 7.56. The number of methoxy groups -OCH3 is 1. The van der Waals surface area contributed by atoms with Crippen LogP contribution in [0.1, 0.15) is 22.9 Å². The van der Waals surface area contributed by atoms with E-state index in [1.54, 1.807) is 22.6 Å². The number of nitrogens with zero attached hydrogens (tertiary/aromatic N) is 2. The monoisotopic (exact) mass is 342 g/mol. The maximum absolute atomic E-state index is 12.3. The van der Waals surface area contributed by atoms with Crippen LogP contribution < -0.4 is 0 Å². The number of esters is 1. The summed E-state index contributed by atoms with van der Waals surface area (Å²) in [5.74, 6) is 0.0549. The minimum Gasteiger partial charge on any atom is -0.486 e. The molecule has 1 aliphatic heterocycles. The number of hydrazone groups is 1. The van der Waals surface area contributed by atoms with Crippen LogP contribution in [0.25, 0.3) is 5.76 Å². The molecule has 124 valence electrons. The topological polar surface area (TPSA) is 51.1 Å². The molecule has 1 aromatic carbocycles. The van der Waals surface area contributed by atoms with E-state index in [2.05, 4.69) is 5.10 Å². The van der Waals surface area contributed by atoms with Crippen molar-refractivity contribution in [1.82, 2.24) is 5.01 Å². The molecule has 5 nitrogen and oxygen atoms in total. The largest absolute Gasteiger partial charge is 0.486 e. The lowest BCUT2D eigenvalue weighted by molar-refractivity contribution is -0.138. The van der Waals surface area contributed by atoms with E-state index in [4.69, 9.17) is 9.47 Å². The number of hydrogen-bond acceptors (Lipinski definition) is 6. The second kappa shape index (κ2) is 7.31. The lowest BCUT2D eigenvalue weighted by Crippen LogP contribution is -2.29. The molecule has 6 heteroatoms. The first kappa shape index (κ1) is 16.3. The van der Waals surface area contributed by atoms with Crippen LogP contribution in [-0.2, 0) is 27.4 Å². The Morgan fingerprint density at radius 3 is 2.83 bits per heavy atom. The lowest BCUT2D eigenvalue weighted by Gasteiger charge is -2.28. The molecule has 0 spiro atoms. The van der Waals surface area contributed by atoms with Gasteiger partial charge in [-0.15, -0.1) is 11.3 Å². The van der Waals surface area contributed by atoms with Crippen LogP contribution in [0, 0.1) is 0 Å². The SMILES string of the molecule is C/C=N\N1Cc2sccc2C(OCc2ccccc2)=C1C(=O)OC. The van der Waals surface area contributed by atoms with E-state index in [-0.39, 0.29) is 0 Å². The second-order valence-electron chi connectivity index (χ2n) is 5.13. The molecule has 0 atom stereocenters. The number of carbonyl (C=O) groups is 1. The van der Waals surface area contributed by atoms with Gasteiger partial charge in [0.2, 0.25) is 0 Å². The molecule has 0 saturated carbocycles. The van der Waals surface area contributed by atoms with Gasteiger partial charge in [-0.05, 0) is 23.9 Å². The molecule has 0 bridgehead atoms. The molecule has 1 aromatic heterocycles. The smallest absolute Gasteiger partial charge is 0.360 e. The summed E-state index contributed by atoms with van der Waals surface area (Å²) in [6, 6.07) is 11.8. The fraction of sp³-hybridized carbons (Fsp3) is 0.222. The normalized spacial score (nSPS) is 14.0. The third-order valence-electron chi connectivity index (χ3n) is 3.62. The van der Waals surface area contributed by atoms with Crippen LogP contribution >= 0.6 is 11.3 Å². The molecule has 1 aliphatic rings. The van der Waals surface area contributed by atoms with Crippen molar-refractivity contribution in [2.24, 2.45) is 5.10 Å². The van der Waals surface area contributed by atoms with E-state index in [1.807, 2.05) is 48.7 Å². The maximum Gasteiger partial charge on any atom is 0.360 e. The Morgan fingerprint density at radius 2 is 2.12 bits per heavy atom. The highest BCUT2D eigenvalue weighted by atomic mass is 32.1. The van der Waals surface area contributed by atoms with Crippen LogP contribution in [0.2, 0.25) is 0 Å². The molecule has 0 fully saturated rings. The number of ether oxygens (including phenoxy) is 2. The summed E-state index contributed by atoms with van der Waals surface area (Å²) in [6.45, 7) is 2.71. The Morgan fingerprint density at radius 1 is 1.33 bits per heavy atom. The van der Waals surface area contributed by atoms with Crippen LogP contribution in [0.4, 0.5) is 0 Å². The number of benzene rings is 1. The van der Waals surface area contributed by atoms with E-state index in [0.29, 0.717) is 24.6 Å². The molecule has 2 heterocycles. The fourth-order valence-corrected chi connectivity index (χ4v) is 3.39. The predicted octanol–water partition coefficient (Wildman–Crippen LogP) is 3.63. The summed E-state index contributed by atoms with van der Waals surface area (Å²) in [6.07, 6.45) is 1.65. The van der Waals surface area contributed by atoms with Gasteiger partial charge in [0.25, 0.3) is 0 Å². The highest BCUT2D eigenvalue weighted by Crippen LogP contribution is 2.36. The molecule has 0 saturated heterocycles. The second-order valence-corrected chi connectivity index (χ2v) is 6.13. The van der Waals surface area contributed by atoms with Crippen molar-refractivity contribution in [3.05, 3.63) is 63.5 Å². The highest BCUT2D eigenvalue weighted by Gasteiger charge is 2.32. The van der Waals surface area contributed by atoms with Crippen LogP contribution in [0.5, 0.6) is 0 Å². The molecular formula is C18H18N2O3S. The summed E-state index contributed by atoms with van der Waals surface area (Å²) < 4.78 is 11.0. The van der Waals surface area contributed by atoms with Gasteiger partial charge in [-0.1, -0.05) is 30.3 Å². The predicted molar refractivity (Wildman–Crippen MR) is 94.2 cm³/mol. The third kappa shape index (κ3) is 3.19. The Bertz CT molecular complexity index is 781. The molecule has 0 radical (unpaired) electrons. The fourth-order valence-electron chi connectivity index (χ4n) is 2.53. The molecule has 0 N–H and O–H groups in total. The summed E-state index contributed by atoms with van der Waals surface area (Å²) in [7, 11) is 1.36. The standard InChI is InChI=1S/C18H18N2O3S/c1-3-19-20-11-15-14(9-10-24-15)17(16(20)18(21)22-2)23-12-13-7-5-4-6-8-13/h3-10H,11-12H2,1-2H3/b19-3-. The van der Waals surface area contributed by atoms with E-state index in [1.165, 1.54) is 7.11 Å². The molecule has 3 rings (SSSR count). The molecule has 0 amide bonds. The van der Waals surface area contributed by atoms with Crippen molar-refractivity contribution >= 4 is 29.3 Å². The number of rotatable bonds is 5. The van der Waals surface area contributed by atoms with Crippen LogP contribution in [-0.4, -0.2) is 24.3 Å². The Hall–Kier alpha value is -2.60. The zero-order chi connectivity index (χ0) is 16.9. The van der Waals surface area contributed by atoms with Gasteiger partial charge in [0, 0.05) is 16.7 Å². The van der Waals surface area contributed by atoms with Crippen molar-refractivity contribution < 1.29 is 14.3 Å². The molecule has 0 aliphatic carbocycles. The zero-order valence-corrected chi connectivity index (χ0v) is 14.4. The Kier molecular flexibility index (Phi) is 4.96. The number of hydrogen-bond donors (Lipinski definition) is 0. The van der Waals surface area contributed by atoms with E-state index < -0.39 is 5.97 Å². The average molecular weight is 342 g/mol. The summed E-state index contributed by atoms with van der Waals surface area (Å²) in [5, 5.41) is 7.91. The minimum absolute atomic E-state index is 0.331. The van der Waals surface area contributed by atoms with Gasteiger partial charge in [-0.3, -0.25) is 0 Å². The van der Waals surface area contributed by atoms with Crippen molar-refractivity contribution in [1.29, 1.82) is 0 Å². The van der Waals surface area contributed by atoms with Crippen molar-refractivity contribution in [3.8, 4) is 0 Å². The van der Waals surface area contributed by atoms with Crippen LogP contribution in [0.3, 0.4) is 0 Å². The number of carbonyl (C=O) groups excluding carboxylic acids is 1. The molecule has 0 unspecified atom stereocenters. The summed E-state index contributed by atoms with van der Waals surface area (Å²) in [4.78, 5) is 13.4. The molecule has 24 heavy (non-hydrogen) atoms. The molecule has 2 aromatic rings. The van der Waals surface area contributed by atoms with Crippen molar-refractivity contribution in [3.63, 3.8) is 0 Å². The maximum atomic E-state index is 12.3.